The van der Waals surface area contributed by atoms with Crippen molar-refractivity contribution in [2.45, 2.75) is 19.3 Å². The number of carboxylic acid groups (broad SMARTS) is 1. The molecule has 1 rings (SSSR count). The zero-order valence-electron chi connectivity index (χ0n) is 8.20. The summed E-state index contributed by atoms with van der Waals surface area (Å²) in [6.45, 7) is 0. The maximum atomic E-state index is 13.4. The number of carbonyl (C=O) groups is 1. The minimum absolute atomic E-state index is 0.00190. The zero-order valence-corrected chi connectivity index (χ0v) is 8.96. The minimum Gasteiger partial charge on any atom is -0.504 e. The molecule has 0 heterocycles. The molecule has 6 heteroatoms. The van der Waals surface area contributed by atoms with Gasteiger partial charge in [0.15, 0.2) is 11.5 Å². The van der Waals surface area contributed by atoms with E-state index in [0.29, 0.717) is 0 Å². The van der Waals surface area contributed by atoms with E-state index in [9.17, 15) is 19.4 Å². The molecule has 0 spiro atoms. The van der Waals surface area contributed by atoms with Gasteiger partial charge >= 0.3 is 5.97 Å². The third-order valence-electron chi connectivity index (χ3n) is 2.08. The predicted octanol–water partition coefficient (Wildman–Crippen LogP) is 2.30. The quantitative estimate of drug-likeness (QED) is 0.715. The zero-order chi connectivity index (χ0) is 12.3. The topological polar surface area (TPSA) is 77.8 Å². The number of rotatable bonds is 4. The van der Waals surface area contributed by atoms with Gasteiger partial charge in [-0.2, -0.15) is 0 Å². The Kier molecular flexibility index (Phi) is 3.95. The molecule has 1 aromatic carbocycles. The molecule has 0 radical (unpaired) electrons. The molecule has 0 atom stereocenters. The van der Waals surface area contributed by atoms with Crippen molar-refractivity contribution in [2.75, 3.05) is 0 Å². The van der Waals surface area contributed by atoms with Gasteiger partial charge in [-0.3, -0.25) is 4.79 Å². The van der Waals surface area contributed by atoms with Crippen molar-refractivity contribution in [2.24, 2.45) is 0 Å². The van der Waals surface area contributed by atoms with Crippen LogP contribution in [0.4, 0.5) is 4.39 Å². The number of phenols is 2. The fourth-order valence-corrected chi connectivity index (χ4v) is 1.52. The van der Waals surface area contributed by atoms with Gasteiger partial charge in [0, 0.05) is 18.1 Å². The summed E-state index contributed by atoms with van der Waals surface area (Å²) >= 11 is 5.47. The van der Waals surface area contributed by atoms with E-state index in [4.69, 9.17) is 16.7 Å². The predicted molar refractivity (Wildman–Crippen MR) is 55.3 cm³/mol. The molecule has 16 heavy (non-hydrogen) atoms. The lowest BCUT2D eigenvalue weighted by Gasteiger charge is -2.08. The van der Waals surface area contributed by atoms with Gasteiger partial charge in [0.2, 0.25) is 0 Å². The number of aromatic hydroxyl groups is 2. The van der Waals surface area contributed by atoms with Crippen LogP contribution in [0, 0.1) is 5.82 Å². The number of carboxylic acids is 1. The number of phenolic OH excluding ortho intramolecular Hbond substituents is 2. The molecule has 4 nitrogen and oxygen atoms in total. The van der Waals surface area contributed by atoms with E-state index >= 15 is 0 Å². The molecule has 1 aromatic rings. The maximum Gasteiger partial charge on any atom is 0.303 e. The number of hydrogen-bond donors (Lipinski definition) is 3. The van der Waals surface area contributed by atoms with Crippen molar-refractivity contribution in [3.63, 3.8) is 0 Å². The van der Waals surface area contributed by atoms with Crippen LogP contribution in [0.3, 0.4) is 0 Å². The Labute approximate surface area is 95.9 Å². The molecule has 0 unspecified atom stereocenters. The van der Waals surface area contributed by atoms with Gasteiger partial charge in [-0.15, -0.1) is 0 Å². The van der Waals surface area contributed by atoms with Crippen molar-refractivity contribution in [1.29, 1.82) is 0 Å². The van der Waals surface area contributed by atoms with E-state index in [1.165, 1.54) is 0 Å². The van der Waals surface area contributed by atoms with Crippen LogP contribution >= 0.6 is 11.6 Å². The second-order valence-corrected chi connectivity index (χ2v) is 3.67. The molecule has 88 valence electrons. The number of benzene rings is 1. The Morgan fingerprint density at radius 1 is 1.44 bits per heavy atom. The lowest BCUT2D eigenvalue weighted by atomic mass is 10.1. The fourth-order valence-electron chi connectivity index (χ4n) is 1.30. The van der Waals surface area contributed by atoms with Crippen molar-refractivity contribution < 1.29 is 24.5 Å². The van der Waals surface area contributed by atoms with Crippen LogP contribution in [-0.4, -0.2) is 21.3 Å². The van der Waals surface area contributed by atoms with E-state index in [1.807, 2.05) is 0 Å². The van der Waals surface area contributed by atoms with E-state index in [2.05, 4.69) is 0 Å². The maximum absolute atomic E-state index is 13.4. The molecular formula is C10H10ClFO4. The van der Waals surface area contributed by atoms with Gasteiger partial charge in [-0.25, -0.2) is 4.39 Å². The fraction of sp³-hybridized carbons (Fsp3) is 0.300. The smallest absolute Gasteiger partial charge is 0.303 e. The highest BCUT2D eigenvalue weighted by Crippen LogP contribution is 2.36. The Balaban J connectivity index is 2.90. The van der Waals surface area contributed by atoms with Crippen LogP contribution in [0.5, 0.6) is 11.5 Å². The molecule has 0 aliphatic heterocycles. The van der Waals surface area contributed by atoms with Crippen molar-refractivity contribution >= 4 is 17.6 Å². The van der Waals surface area contributed by atoms with Gasteiger partial charge in [0.25, 0.3) is 0 Å². The number of hydrogen-bond acceptors (Lipinski definition) is 3. The first-order valence-electron chi connectivity index (χ1n) is 4.54. The molecule has 0 saturated carbocycles. The molecule has 3 N–H and O–H groups in total. The third kappa shape index (κ3) is 2.76. The average Bonchev–Trinajstić information content (AvgIpc) is 2.20. The van der Waals surface area contributed by atoms with Crippen LogP contribution in [0.25, 0.3) is 0 Å². The SMILES string of the molecule is O=C(O)CCCc1c(O)c(O)cc(Cl)c1F. The average molecular weight is 249 g/mol. The second kappa shape index (κ2) is 5.03. The molecule has 0 saturated heterocycles. The first kappa shape index (κ1) is 12.6. The summed E-state index contributed by atoms with van der Waals surface area (Å²) in [5, 5.41) is 26.7. The van der Waals surface area contributed by atoms with Gasteiger partial charge in [-0.1, -0.05) is 11.6 Å². The van der Waals surface area contributed by atoms with E-state index in [-0.39, 0.29) is 29.8 Å². The second-order valence-electron chi connectivity index (χ2n) is 3.27. The van der Waals surface area contributed by atoms with Crippen molar-refractivity contribution in [3.8, 4) is 11.5 Å². The first-order valence-corrected chi connectivity index (χ1v) is 4.92. The normalized spacial score (nSPS) is 10.4. The summed E-state index contributed by atoms with van der Waals surface area (Å²) in [5.74, 6) is -2.95. The monoisotopic (exact) mass is 248 g/mol. The van der Waals surface area contributed by atoms with Crippen molar-refractivity contribution in [1.82, 2.24) is 0 Å². The lowest BCUT2D eigenvalue weighted by Crippen LogP contribution is -1.98. The summed E-state index contributed by atoms with van der Waals surface area (Å²) in [6.07, 6.45) is 0.00381. The summed E-state index contributed by atoms with van der Waals surface area (Å²) < 4.78 is 13.4. The van der Waals surface area contributed by atoms with Gasteiger partial charge < -0.3 is 15.3 Å². The largest absolute Gasteiger partial charge is 0.504 e. The van der Waals surface area contributed by atoms with Crippen LogP contribution in [-0.2, 0) is 11.2 Å². The Morgan fingerprint density at radius 3 is 2.62 bits per heavy atom. The highest BCUT2D eigenvalue weighted by molar-refractivity contribution is 6.31. The molecule has 0 aromatic heterocycles. The highest BCUT2D eigenvalue weighted by Gasteiger charge is 2.16. The molecule has 0 aliphatic rings. The van der Waals surface area contributed by atoms with Crippen LogP contribution in [0.15, 0.2) is 6.07 Å². The minimum atomic E-state index is -1.01. The van der Waals surface area contributed by atoms with Gasteiger partial charge in [-0.05, 0) is 12.8 Å². The van der Waals surface area contributed by atoms with E-state index < -0.39 is 23.3 Å². The molecule has 0 fully saturated rings. The van der Waals surface area contributed by atoms with E-state index in [1.54, 1.807) is 0 Å². The van der Waals surface area contributed by atoms with Crippen molar-refractivity contribution in [3.05, 3.63) is 22.5 Å². The summed E-state index contributed by atoms with van der Waals surface area (Å²) in [7, 11) is 0. The lowest BCUT2D eigenvalue weighted by molar-refractivity contribution is -0.137. The Morgan fingerprint density at radius 2 is 2.06 bits per heavy atom. The Bertz CT molecular complexity index is 394. The molecule has 0 aliphatic carbocycles. The first-order chi connectivity index (χ1) is 7.43. The summed E-state index contributed by atoms with van der Waals surface area (Å²) in [5.41, 5.74) is -0.161. The van der Waals surface area contributed by atoms with Gasteiger partial charge in [0.1, 0.15) is 5.82 Å². The standard InChI is InChI=1S/C10H10ClFO4/c11-6-4-7(13)10(16)5(9(6)12)2-1-3-8(14)15/h4,13,16H,1-3H2,(H,14,15). The Hall–Kier alpha value is -1.49. The molecule has 0 bridgehead atoms. The number of halogens is 2. The molecular weight excluding hydrogens is 239 g/mol. The van der Waals surface area contributed by atoms with Crippen LogP contribution < -0.4 is 0 Å². The van der Waals surface area contributed by atoms with Crippen LogP contribution in [0.1, 0.15) is 18.4 Å². The molecule has 0 amide bonds. The van der Waals surface area contributed by atoms with E-state index in [0.717, 1.165) is 6.07 Å². The summed E-state index contributed by atoms with van der Waals surface area (Å²) in [6, 6.07) is 0.896. The summed E-state index contributed by atoms with van der Waals surface area (Å²) in [4.78, 5) is 10.3. The van der Waals surface area contributed by atoms with Gasteiger partial charge in [0.05, 0.1) is 5.02 Å². The number of aliphatic carboxylic acids is 1. The highest BCUT2D eigenvalue weighted by atomic mass is 35.5. The third-order valence-corrected chi connectivity index (χ3v) is 2.36. The van der Waals surface area contributed by atoms with Crippen LogP contribution in [0.2, 0.25) is 5.02 Å².